The van der Waals surface area contributed by atoms with Crippen LogP contribution in [0.3, 0.4) is 0 Å². The van der Waals surface area contributed by atoms with Gasteiger partial charge in [-0.25, -0.2) is 0 Å². The van der Waals surface area contributed by atoms with Gasteiger partial charge in [0.15, 0.2) is 0 Å². The van der Waals surface area contributed by atoms with Crippen LogP contribution in [0.4, 0.5) is 0 Å². The van der Waals surface area contributed by atoms with Gasteiger partial charge < -0.3 is 0 Å². The molecule has 0 aliphatic heterocycles. The summed E-state index contributed by atoms with van der Waals surface area (Å²) < 4.78 is 0. The highest BCUT2D eigenvalue weighted by Gasteiger charge is 2.34. The Kier molecular flexibility index (Phi) is 4.46. The third kappa shape index (κ3) is 2.98. The SMILES string of the molecule is C[Si](c1ccccc1)(c1ccccc1)c1ccnc(-c2ccccn2)c1. The minimum absolute atomic E-state index is 0.909. The molecule has 0 aliphatic rings. The van der Waals surface area contributed by atoms with E-state index in [2.05, 4.69) is 89.3 Å². The van der Waals surface area contributed by atoms with Gasteiger partial charge in [0.2, 0.25) is 0 Å². The summed E-state index contributed by atoms with van der Waals surface area (Å²) in [5.74, 6) is 0. The van der Waals surface area contributed by atoms with Crippen LogP contribution in [0.1, 0.15) is 0 Å². The van der Waals surface area contributed by atoms with E-state index in [1.807, 2.05) is 30.6 Å². The van der Waals surface area contributed by atoms with Gasteiger partial charge in [-0.3, -0.25) is 9.97 Å². The summed E-state index contributed by atoms with van der Waals surface area (Å²) in [6.45, 7) is 2.41. The number of hydrogen-bond acceptors (Lipinski definition) is 2. The fraction of sp³-hybridized carbons (Fsp3) is 0.0435. The van der Waals surface area contributed by atoms with E-state index >= 15 is 0 Å². The molecule has 0 unspecified atom stereocenters. The Bertz CT molecular complexity index is 947. The van der Waals surface area contributed by atoms with E-state index in [0.717, 1.165) is 11.4 Å². The molecule has 0 saturated heterocycles. The molecule has 2 heterocycles. The van der Waals surface area contributed by atoms with Crippen molar-refractivity contribution in [1.82, 2.24) is 9.97 Å². The van der Waals surface area contributed by atoms with Crippen LogP contribution in [0.25, 0.3) is 11.4 Å². The third-order valence-corrected chi connectivity index (χ3v) is 9.41. The number of benzene rings is 2. The molecule has 0 radical (unpaired) electrons. The summed E-state index contributed by atoms with van der Waals surface area (Å²) in [5.41, 5.74) is 1.83. The van der Waals surface area contributed by atoms with Crippen molar-refractivity contribution in [3.8, 4) is 11.4 Å². The quantitative estimate of drug-likeness (QED) is 0.527. The fourth-order valence-corrected chi connectivity index (χ4v) is 6.99. The summed E-state index contributed by atoms with van der Waals surface area (Å²) >= 11 is 0. The van der Waals surface area contributed by atoms with Crippen molar-refractivity contribution in [3.63, 3.8) is 0 Å². The highest BCUT2D eigenvalue weighted by molar-refractivity contribution is 7.10. The van der Waals surface area contributed by atoms with E-state index < -0.39 is 8.07 Å². The Labute approximate surface area is 155 Å². The molecule has 0 bridgehead atoms. The zero-order valence-corrected chi connectivity index (χ0v) is 15.7. The highest BCUT2D eigenvalue weighted by atomic mass is 28.3. The van der Waals surface area contributed by atoms with Gasteiger partial charge >= 0.3 is 0 Å². The summed E-state index contributed by atoms with van der Waals surface area (Å²) in [6.07, 6.45) is 3.73. The molecule has 26 heavy (non-hydrogen) atoms. The molecule has 2 nitrogen and oxygen atoms in total. The smallest absolute Gasteiger partial charge is 0.145 e. The fourth-order valence-electron chi connectivity index (χ4n) is 3.44. The minimum Gasteiger partial charge on any atom is -0.255 e. The molecule has 2 aromatic carbocycles. The molecule has 0 atom stereocenters. The molecule has 0 spiro atoms. The molecule has 3 heteroatoms. The summed E-state index contributed by atoms with van der Waals surface area (Å²) in [6, 6.07) is 32.0. The van der Waals surface area contributed by atoms with Crippen LogP contribution in [-0.4, -0.2) is 18.0 Å². The number of rotatable bonds is 4. The molecule has 4 rings (SSSR count). The monoisotopic (exact) mass is 352 g/mol. The number of pyridine rings is 2. The average molecular weight is 353 g/mol. The van der Waals surface area contributed by atoms with Crippen molar-refractivity contribution in [2.75, 3.05) is 0 Å². The molecule has 0 N–H and O–H groups in total. The Balaban J connectivity index is 1.91. The zero-order valence-electron chi connectivity index (χ0n) is 14.7. The van der Waals surface area contributed by atoms with Crippen molar-refractivity contribution < 1.29 is 0 Å². The second kappa shape index (κ2) is 7.06. The molecular weight excluding hydrogens is 332 g/mol. The van der Waals surface area contributed by atoms with Crippen molar-refractivity contribution >= 4 is 23.6 Å². The van der Waals surface area contributed by atoms with Gasteiger partial charge in [0, 0.05) is 12.4 Å². The van der Waals surface area contributed by atoms with Crippen molar-refractivity contribution in [1.29, 1.82) is 0 Å². The van der Waals surface area contributed by atoms with Gasteiger partial charge in [-0.15, -0.1) is 0 Å². The van der Waals surface area contributed by atoms with Crippen LogP contribution in [0.5, 0.6) is 0 Å². The van der Waals surface area contributed by atoms with E-state index in [0.29, 0.717) is 0 Å². The first-order valence-electron chi connectivity index (χ1n) is 8.77. The molecule has 2 aromatic heterocycles. The predicted octanol–water partition coefficient (Wildman–Crippen LogP) is 3.24. The lowest BCUT2D eigenvalue weighted by Crippen LogP contribution is -2.64. The van der Waals surface area contributed by atoms with Gasteiger partial charge in [-0.1, -0.05) is 73.3 Å². The van der Waals surface area contributed by atoms with E-state index in [9.17, 15) is 0 Å². The summed E-state index contributed by atoms with van der Waals surface area (Å²) in [5, 5.41) is 4.12. The maximum atomic E-state index is 4.57. The molecule has 0 fully saturated rings. The number of aromatic nitrogens is 2. The number of nitrogens with zero attached hydrogens (tertiary/aromatic N) is 2. The molecule has 126 valence electrons. The minimum atomic E-state index is -2.11. The molecular formula is C23H20N2Si. The van der Waals surface area contributed by atoms with Crippen LogP contribution >= 0.6 is 0 Å². The Hall–Kier alpha value is -3.04. The third-order valence-electron chi connectivity index (χ3n) is 4.97. The van der Waals surface area contributed by atoms with E-state index in [1.165, 1.54) is 15.6 Å². The largest absolute Gasteiger partial charge is 0.255 e. The van der Waals surface area contributed by atoms with Gasteiger partial charge in [-0.2, -0.15) is 0 Å². The lowest BCUT2D eigenvalue weighted by atomic mass is 10.2. The molecule has 0 amide bonds. The average Bonchev–Trinajstić information content (AvgIpc) is 2.75. The normalized spacial score (nSPS) is 11.3. The first-order chi connectivity index (χ1) is 12.8. The second-order valence-electron chi connectivity index (χ2n) is 6.50. The molecule has 0 aliphatic carbocycles. The first-order valence-corrected chi connectivity index (χ1v) is 11.3. The van der Waals surface area contributed by atoms with Crippen molar-refractivity contribution in [2.24, 2.45) is 0 Å². The van der Waals surface area contributed by atoms with E-state index in [4.69, 9.17) is 0 Å². The summed E-state index contributed by atoms with van der Waals surface area (Å²) in [7, 11) is -2.11. The Morgan fingerprint density at radius 3 is 1.69 bits per heavy atom. The Morgan fingerprint density at radius 1 is 0.538 bits per heavy atom. The zero-order chi connectivity index (χ0) is 17.8. The van der Waals surface area contributed by atoms with Gasteiger partial charge in [0.1, 0.15) is 8.07 Å². The molecule has 0 saturated carbocycles. The van der Waals surface area contributed by atoms with Gasteiger partial charge in [-0.05, 0) is 39.8 Å². The second-order valence-corrected chi connectivity index (χ2v) is 10.5. The first kappa shape index (κ1) is 16.4. The van der Waals surface area contributed by atoms with Crippen LogP contribution < -0.4 is 15.6 Å². The van der Waals surface area contributed by atoms with Crippen LogP contribution in [-0.2, 0) is 0 Å². The maximum Gasteiger partial charge on any atom is 0.145 e. The maximum absolute atomic E-state index is 4.57. The van der Waals surface area contributed by atoms with Crippen LogP contribution in [0.15, 0.2) is 103 Å². The number of hydrogen-bond donors (Lipinski definition) is 0. The topological polar surface area (TPSA) is 25.8 Å². The van der Waals surface area contributed by atoms with Gasteiger partial charge in [0.25, 0.3) is 0 Å². The van der Waals surface area contributed by atoms with Crippen molar-refractivity contribution in [3.05, 3.63) is 103 Å². The van der Waals surface area contributed by atoms with Crippen LogP contribution in [0, 0.1) is 0 Å². The van der Waals surface area contributed by atoms with Crippen LogP contribution in [0.2, 0.25) is 6.55 Å². The lowest BCUT2D eigenvalue weighted by Gasteiger charge is -2.29. The standard InChI is InChI=1S/C23H20N2Si/c1-26(19-10-4-2-5-11-19,20-12-6-3-7-13-20)21-15-17-25-23(18-21)22-14-8-9-16-24-22/h2-18H,1H3. The Morgan fingerprint density at radius 2 is 1.12 bits per heavy atom. The lowest BCUT2D eigenvalue weighted by molar-refractivity contribution is 1.25. The van der Waals surface area contributed by atoms with Gasteiger partial charge in [0.05, 0.1) is 11.4 Å². The van der Waals surface area contributed by atoms with Crippen molar-refractivity contribution in [2.45, 2.75) is 6.55 Å². The molecule has 4 aromatic rings. The van der Waals surface area contributed by atoms with E-state index in [-0.39, 0.29) is 0 Å². The predicted molar refractivity (Wildman–Crippen MR) is 111 cm³/mol. The van der Waals surface area contributed by atoms with E-state index in [1.54, 1.807) is 0 Å². The summed E-state index contributed by atoms with van der Waals surface area (Å²) in [4.78, 5) is 9.04. The highest BCUT2D eigenvalue weighted by Crippen LogP contribution is 2.14.